The lowest BCUT2D eigenvalue weighted by Crippen LogP contribution is -2.30. The van der Waals surface area contributed by atoms with Gasteiger partial charge in [0, 0.05) is 32.0 Å². The first-order valence-corrected chi connectivity index (χ1v) is 6.24. The average Bonchev–Trinajstić information content (AvgIpc) is 2.37. The number of anilines is 1. The molecule has 1 saturated heterocycles. The normalized spacial score (nSPS) is 21.4. The van der Waals surface area contributed by atoms with Gasteiger partial charge in [-0.25, -0.2) is 9.97 Å². The van der Waals surface area contributed by atoms with E-state index < -0.39 is 0 Å². The van der Waals surface area contributed by atoms with Crippen molar-refractivity contribution in [2.75, 3.05) is 38.5 Å². The van der Waals surface area contributed by atoms with E-state index in [-0.39, 0.29) is 0 Å². The van der Waals surface area contributed by atoms with Crippen molar-refractivity contribution in [1.82, 2.24) is 14.9 Å². The zero-order valence-electron chi connectivity index (χ0n) is 10.4. The smallest absolute Gasteiger partial charge is 0.222 e. The van der Waals surface area contributed by atoms with Gasteiger partial charge in [0.25, 0.3) is 0 Å². The first-order chi connectivity index (χ1) is 8.29. The first kappa shape index (κ1) is 12.3. The summed E-state index contributed by atoms with van der Waals surface area (Å²) in [6, 6.07) is 0. The highest BCUT2D eigenvalue weighted by atomic mass is 15.1. The molecule has 17 heavy (non-hydrogen) atoms. The zero-order valence-corrected chi connectivity index (χ0v) is 10.4. The number of rotatable bonds is 4. The molecule has 3 N–H and O–H groups in total. The average molecular weight is 235 g/mol. The van der Waals surface area contributed by atoms with Gasteiger partial charge in [-0.2, -0.15) is 0 Å². The standard InChI is InChI=1S/C12H21N5/c1-17-6-2-3-10(9-17)11-7-15-12(16-8-11)14-5-4-13/h7-8,10H,2-6,9,13H2,1H3,(H,14,15,16). The Morgan fingerprint density at radius 3 is 2.88 bits per heavy atom. The number of piperidine rings is 1. The molecule has 0 bridgehead atoms. The predicted octanol–water partition coefficient (Wildman–Crippen LogP) is 0.656. The quantitative estimate of drug-likeness (QED) is 0.802. The Hall–Kier alpha value is -1.20. The van der Waals surface area contributed by atoms with Gasteiger partial charge in [0.05, 0.1) is 0 Å². The molecule has 1 aromatic rings. The Morgan fingerprint density at radius 1 is 1.47 bits per heavy atom. The van der Waals surface area contributed by atoms with E-state index in [0.29, 0.717) is 25.0 Å². The lowest BCUT2D eigenvalue weighted by Gasteiger charge is -2.29. The number of hydrogen-bond acceptors (Lipinski definition) is 5. The fraction of sp³-hybridized carbons (Fsp3) is 0.667. The van der Waals surface area contributed by atoms with Crippen molar-refractivity contribution in [3.05, 3.63) is 18.0 Å². The molecule has 2 heterocycles. The molecule has 1 fully saturated rings. The van der Waals surface area contributed by atoms with E-state index in [1.54, 1.807) is 0 Å². The summed E-state index contributed by atoms with van der Waals surface area (Å²) in [6.07, 6.45) is 6.38. The number of aromatic nitrogens is 2. The van der Waals surface area contributed by atoms with Gasteiger partial charge >= 0.3 is 0 Å². The van der Waals surface area contributed by atoms with Crippen LogP contribution in [-0.4, -0.2) is 48.1 Å². The zero-order chi connectivity index (χ0) is 12.1. The van der Waals surface area contributed by atoms with Crippen LogP contribution in [0.4, 0.5) is 5.95 Å². The molecular weight excluding hydrogens is 214 g/mol. The molecule has 0 saturated carbocycles. The molecule has 1 aliphatic rings. The van der Waals surface area contributed by atoms with E-state index in [0.717, 1.165) is 6.54 Å². The van der Waals surface area contributed by atoms with Crippen molar-refractivity contribution in [2.45, 2.75) is 18.8 Å². The van der Waals surface area contributed by atoms with E-state index >= 15 is 0 Å². The van der Waals surface area contributed by atoms with Crippen LogP contribution in [0.3, 0.4) is 0 Å². The summed E-state index contributed by atoms with van der Waals surface area (Å²) in [5, 5.41) is 3.08. The Balaban J connectivity index is 1.96. The highest BCUT2D eigenvalue weighted by Crippen LogP contribution is 2.25. The summed E-state index contributed by atoms with van der Waals surface area (Å²) >= 11 is 0. The summed E-state index contributed by atoms with van der Waals surface area (Å²) in [6.45, 7) is 3.62. The molecule has 0 radical (unpaired) electrons. The van der Waals surface area contributed by atoms with Gasteiger partial charge in [-0.05, 0) is 37.9 Å². The van der Waals surface area contributed by atoms with Crippen molar-refractivity contribution in [3.63, 3.8) is 0 Å². The lowest BCUT2D eigenvalue weighted by atomic mass is 9.93. The molecule has 2 rings (SSSR count). The van der Waals surface area contributed by atoms with E-state index in [9.17, 15) is 0 Å². The fourth-order valence-corrected chi connectivity index (χ4v) is 2.26. The van der Waals surface area contributed by atoms with Crippen LogP contribution in [0.2, 0.25) is 0 Å². The molecule has 5 nitrogen and oxygen atoms in total. The van der Waals surface area contributed by atoms with Crippen LogP contribution < -0.4 is 11.1 Å². The molecular formula is C12H21N5. The van der Waals surface area contributed by atoms with Crippen molar-refractivity contribution in [1.29, 1.82) is 0 Å². The minimum Gasteiger partial charge on any atom is -0.353 e. The molecule has 1 atom stereocenters. The van der Waals surface area contributed by atoms with E-state index in [2.05, 4.69) is 27.2 Å². The topological polar surface area (TPSA) is 67.1 Å². The Morgan fingerprint density at radius 2 is 2.24 bits per heavy atom. The SMILES string of the molecule is CN1CCCC(c2cnc(NCCN)nc2)C1. The Bertz CT molecular complexity index is 337. The molecule has 5 heteroatoms. The van der Waals surface area contributed by atoms with Crippen molar-refractivity contribution < 1.29 is 0 Å². The van der Waals surface area contributed by atoms with Gasteiger partial charge in [-0.15, -0.1) is 0 Å². The van der Waals surface area contributed by atoms with Crippen LogP contribution in [0, 0.1) is 0 Å². The van der Waals surface area contributed by atoms with Crippen molar-refractivity contribution in [2.24, 2.45) is 5.73 Å². The Kier molecular flexibility index (Phi) is 4.28. The summed E-state index contributed by atoms with van der Waals surface area (Å²) in [4.78, 5) is 11.0. The number of nitrogens with one attached hydrogen (secondary N) is 1. The maximum absolute atomic E-state index is 5.41. The second-order valence-corrected chi connectivity index (χ2v) is 4.66. The third-order valence-corrected chi connectivity index (χ3v) is 3.20. The second kappa shape index (κ2) is 5.93. The van der Waals surface area contributed by atoms with Gasteiger partial charge in [0.2, 0.25) is 5.95 Å². The summed E-state index contributed by atoms with van der Waals surface area (Å²) in [5.41, 5.74) is 6.66. The number of likely N-dealkylation sites (tertiary alicyclic amines) is 1. The van der Waals surface area contributed by atoms with Crippen LogP contribution >= 0.6 is 0 Å². The maximum Gasteiger partial charge on any atom is 0.222 e. The molecule has 94 valence electrons. The summed E-state index contributed by atoms with van der Waals surface area (Å²) in [5.74, 6) is 1.25. The van der Waals surface area contributed by atoms with Crippen LogP contribution in [-0.2, 0) is 0 Å². The number of nitrogens with zero attached hydrogens (tertiary/aromatic N) is 3. The first-order valence-electron chi connectivity index (χ1n) is 6.24. The largest absolute Gasteiger partial charge is 0.353 e. The highest BCUT2D eigenvalue weighted by Gasteiger charge is 2.19. The number of likely N-dealkylation sites (N-methyl/N-ethyl adjacent to an activating group) is 1. The minimum absolute atomic E-state index is 0.581. The molecule has 0 spiro atoms. The van der Waals surface area contributed by atoms with E-state index in [4.69, 9.17) is 5.73 Å². The van der Waals surface area contributed by atoms with Gasteiger partial charge in [0.15, 0.2) is 0 Å². The van der Waals surface area contributed by atoms with Gasteiger partial charge < -0.3 is 16.0 Å². The Labute approximate surface area is 102 Å². The molecule has 1 aliphatic heterocycles. The predicted molar refractivity (Wildman–Crippen MR) is 69.0 cm³/mol. The van der Waals surface area contributed by atoms with Crippen LogP contribution in [0.25, 0.3) is 0 Å². The van der Waals surface area contributed by atoms with Crippen LogP contribution in [0.15, 0.2) is 12.4 Å². The molecule has 0 aliphatic carbocycles. The second-order valence-electron chi connectivity index (χ2n) is 4.66. The third-order valence-electron chi connectivity index (χ3n) is 3.20. The van der Waals surface area contributed by atoms with Gasteiger partial charge in [0.1, 0.15) is 0 Å². The van der Waals surface area contributed by atoms with Crippen molar-refractivity contribution in [3.8, 4) is 0 Å². The monoisotopic (exact) mass is 235 g/mol. The molecule has 0 amide bonds. The molecule has 0 aromatic carbocycles. The molecule has 1 unspecified atom stereocenters. The third kappa shape index (κ3) is 3.38. The van der Waals surface area contributed by atoms with Crippen LogP contribution in [0.5, 0.6) is 0 Å². The van der Waals surface area contributed by atoms with Gasteiger partial charge in [-0.3, -0.25) is 0 Å². The fourth-order valence-electron chi connectivity index (χ4n) is 2.26. The number of nitrogens with two attached hydrogens (primary N) is 1. The maximum atomic E-state index is 5.41. The highest BCUT2D eigenvalue weighted by molar-refractivity contribution is 5.26. The van der Waals surface area contributed by atoms with E-state index in [1.807, 2.05) is 12.4 Å². The summed E-state index contributed by atoms with van der Waals surface area (Å²) in [7, 11) is 2.17. The van der Waals surface area contributed by atoms with Crippen molar-refractivity contribution >= 4 is 5.95 Å². The van der Waals surface area contributed by atoms with Gasteiger partial charge in [-0.1, -0.05) is 0 Å². The van der Waals surface area contributed by atoms with E-state index in [1.165, 1.54) is 24.9 Å². The number of hydrogen-bond donors (Lipinski definition) is 2. The van der Waals surface area contributed by atoms with Crippen LogP contribution in [0.1, 0.15) is 24.3 Å². The summed E-state index contributed by atoms with van der Waals surface area (Å²) < 4.78 is 0. The lowest BCUT2D eigenvalue weighted by molar-refractivity contribution is 0.250. The minimum atomic E-state index is 0.581. The molecule has 1 aromatic heterocycles.